The molecule has 4 aromatic rings. The third-order valence-corrected chi connectivity index (χ3v) is 5.09. The Bertz CT molecular complexity index is 1380. The van der Waals surface area contributed by atoms with Gasteiger partial charge in [0, 0.05) is 11.6 Å². The first-order valence-electron chi connectivity index (χ1n) is 9.98. The molecule has 0 spiro atoms. The fourth-order valence-electron chi connectivity index (χ4n) is 3.72. The lowest BCUT2D eigenvalue weighted by Crippen LogP contribution is -2.16. The van der Waals surface area contributed by atoms with Gasteiger partial charge in [0.15, 0.2) is 22.5 Å². The summed E-state index contributed by atoms with van der Waals surface area (Å²) in [4.78, 5) is 13.2. The van der Waals surface area contributed by atoms with Gasteiger partial charge in [-0.1, -0.05) is 42.5 Å². The Balaban J connectivity index is 2.06. The lowest BCUT2D eigenvalue weighted by molar-refractivity contribution is -0.274. The highest BCUT2D eigenvalue weighted by Gasteiger charge is 2.31. The van der Waals surface area contributed by atoms with Crippen LogP contribution in [-0.4, -0.2) is 27.7 Å². The molecule has 0 fully saturated rings. The topological polar surface area (TPSA) is 67.1 Å². The van der Waals surface area contributed by atoms with E-state index in [0.29, 0.717) is 22.5 Å². The van der Waals surface area contributed by atoms with E-state index < -0.39 is 17.5 Å². The minimum absolute atomic E-state index is 0.102. The van der Waals surface area contributed by atoms with Crippen LogP contribution in [0.15, 0.2) is 69.9 Å². The Morgan fingerprint density at radius 1 is 0.765 bits per heavy atom. The maximum atomic E-state index is 13.2. The van der Waals surface area contributed by atoms with E-state index in [4.69, 9.17) is 18.6 Å². The van der Waals surface area contributed by atoms with Crippen LogP contribution >= 0.6 is 0 Å². The number of halogens is 3. The third-order valence-electron chi connectivity index (χ3n) is 5.09. The van der Waals surface area contributed by atoms with Gasteiger partial charge in [-0.05, 0) is 17.7 Å². The minimum atomic E-state index is -4.83. The zero-order valence-corrected chi connectivity index (χ0v) is 18.4. The van der Waals surface area contributed by atoms with Crippen molar-refractivity contribution in [2.24, 2.45) is 0 Å². The summed E-state index contributed by atoms with van der Waals surface area (Å²) in [5, 5.41) is 0.102. The zero-order valence-electron chi connectivity index (χ0n) is 18.4. The minimum Gasteiger partial charge on any atom is -0.492 e. The van der Waals surface area contributed by atoms with E-state index in [9.17, 15) is 18.0 Å². The van der Waals surface area contributed by atoms with Gasteiger partial charge in [-0.2, -0.15) is 0 Å². The lowest BCUT2D eigenvalue weighted by atomic mass is 9.99. The molecule has 0 saturated carbocycles. The summed E-state index contributed by atoms with van der Waals surface area (Å²) in [6.45, 7) is 0. The first kappa shape index (κ1) is 23.0. The van der Waals surface area contributed by atoms with Crippen LogP contribution in [-0.2, 0) is 0 Å². The molecule has 0 aliphatic carbocycles. The fraction of sp³-hybridized carbons (Fsp3) is 0.160. The second-order valence-electron chi connectivity index (χ2n) is 7.09. The van der Waals surface area contributed by atoms with Crippen LogP contribution in [0.25, 0.3) is 33.4 Å². The van der Waals surface area contributed by atoms with E-state index in [1.165, 1.54) is 39.5 Å². The van der Waals surface area contributed by atoms with E-state index in [-0.39, 0.29) is 28.2 Å². The van der Waals surface area contributed by atoms with Gasteiger partial charge in [-0.25, -0.2) is 0 Å². The molecule has 0 unspecified atom stereocenters. The molecule has 3 aromatic carbocycles. The van der Waals surface area contributed by atoms with E-state index in [1.54, 1.807) is 24.3 Å². The van der Waals surface area contributed by atoms with E-state index in [1.807, 2.05) is 6.07 Å². The first-order chi connectivity index (χ1) is 16.3. The number of methoxy groups -OCH3 is 3. The van der Waals surface area contributed by atoms with Crippen LogP contribution in [0.2, 0.25) is 0 Å². The van der Waals surface area contributed by atoms with Gasteiger partial charge in [0.1, 0.15) is 16.9 Å². The molecule has 9 heteroatoms. The van der Waals surface area contributed by atoms with Crippen LogP contribution in [0.5, 0.6) is 23.0 Å². The van der Waals surface area contributed by atoms with Crippen molar-refractivity contribution in [1.29, 1.82) is 0 Å². The van der Waals surface area contributed by atoms with Gasteiger partial charge in [0.05, 0.1) is 26.9 Å². The Labute approximate surface area is 192 Å². The number of benzene rings is 3. The van der Waals surface area contributed by atoms with Crippen LogP contribution in [0, 0.1) is 0 Å². The molecular formula is C25H19F3O6. The van der Waals surface area contributed by atoms with Gasteiger partial charge in [0.2, 0.25) is 5.75 Å². The monoisotopic (exact) mass is 472 g/mol. The highest BCUT2D eigenvalue weighted by atomic mass is 19.4. The second-order valence-corrected chi connectivity index (χ2v) is 7.09. The average Bonchev–Trinajstić information content (AvgIpc) is 2.82. The average molecular weight is 472 g/mol. The molecule has 34 heavy (non-hydrogen) atoms. The largest absolute Gasteiger partial charge is 0.573 e. The number of ether oxygens (including phenoxy) is 4. The summed E-state index contributed by atoms with van der Waals surface area (Å²) in [5.41, 5.74) is 1.12. The van der Waals surface area contributed by atoms with Crippen molar-refractivity contribution in [3.63, 3.8) is 0 Å². The van der Waals surface area contributed by atoms with Crippen LogP contribution < -0.4 is 24.4 Å². The van der Waals surface area contributed by atoms with Crippen molar-refractivity contribution in [2.75, 3.05) is 21.3 Å². The number of hydrogen-bond acceptors (Lipinski definition) is 6. The summed E-state index contributed by atoms with van der Waals surface area (Å²) in [6, 6.07) is 15.5. The van der Waals surface area contributed by atoms with Crippen molar-refractivity contribution in [1.82, 2.24) is 0 Å². The SMILES string of the molecule is COc1c(OC)c(OC)c2c(=O)cc(-c3ccccc3)oc2c1-c1ccc(OC(F)(F)F)cc1. The normalized spacial score (nSPS) is 11.4. The van der Waals surface area contributed by atoms with Gasteiger partial charge in [0.25, 0.3) is 0 Å². The maximum absolute atomic E-state index is 13.2. The van der Waals surface area contributed by atoms with Crippen molar-refractivity contribution in [3.8, 4) is 45.4 Å². The molecule has 1 aromatic heterocycles. The molecule has 0 atom stereocenters. The summed E-state index contributed by atoms with van der Waals surface area (Å²) in [6.07, 6.45) is -4.83. The molecule has 0 aliphatic heterocycles. The van der Waals surface area contributed by atoms with Crippen LogP contribution in [0.3, 0.4) is 0 Å². The van der Waals surface area contributed by atoms with Gasteiger partial charge in [-0.15, -0.1) is 13.2 Å². The lowest BCUT2D eigenvalue weighted by Gasteiger charge is -2.19. The predicted octanol–water partition coefficient (Wildman–Crippen LogP) is 6.05. The molecule has 0 amide bonds. The highest BCUT2D eigenvalue weighted by Crippen LogP contribution is 2.50. The van der Waals surface area contributed by atoms with Crippen molar-refractivity contribution < 1.29 is 36.5 Å². The summed E-state index contributed by atoms with van der Waals surface area (Å²) in [7, 11) is 4.16. The zero-order chi connectivity index (χ0) is 24.5. The number of fused-ring (bicyclic) bond motifs is 1. The summed E-state index contributed by atoms with van der Waals surface area (Å²) in [5.74, 6) is 0.341. The fourth-order valence-corrected chi connectivity index (χ4v) is 3.72. The maximum Gasteiger partial charge on any atom is 0.573 e. The molecule has 4 rings (SSSR count). The van der Waals surface area contributed by atoms with Gasteiger partial charge < -0.3 is 23.4 Å². The smallest absolute Gasteiger partial charge is 0.492 e. The molecule has 0 radical (unpaired) electrons. The Morgan fingerprint density at radius 3 is 1.94 bits per heavy atom. The number of hydrogen-bond donors (Lipinski definition) is 0. The molecular weight excluding hydrogens is 453 g/mol. The summed E-state index contributed by atoms with van der Waals surface area (Å²) >= 11 is 0. The Morgan fingerprint density at radius 2 is 1.38 bits per heavy atom. The quantitative estimate of drug-likeness (QED) is 0.340. The molecule has 0 N–H and O–H groups in total. The molecule has 176 valence electrons. The van der Waals surface area contributed by atoms with Crippen molar-refractivity contribution >= 4 is 11.0 Å². The molecule has 0 aliphatic rings. The molecule has 0 saturated heterocycles. The summed E-state index contributed by atoms with van der Waals surface area (Å²) < 4.78 is 64.5. The Kier molecular flexibility index (Phi) is 6.10. The predicted molar refractivity (Wildman–Crippen MR) is 120 cm³/mol. The standard InChI is InChI=1S/C25H19F3O6/c1-30-22-19(15-9-11-16(12-10-15)34-25(26,27)28)21-20(23(31-2)24(22)32-3)17(29)13-18(33-21)14-7-5-4-6-8-14/h4-13H,1-3H3. The van der Waals surface area contributed by atoms with Crippen molar-refractivity contribution in [2.45, 2.75) is 6.36 Å². The molecule has 0 bridgehead atoms. The number of rotatable bonds is 6. The second kappa shape index (κ2) is 9.01. The van der Waals surface area contributed by atoms with Gasteiger partial charge in [-0.3, -0.25) is 4.79 Å². The van der Waals surface area contributed by atoms with Crippen molar-refractivity contribution in [3.05, 3.63) is 70.9 Å². The highest BCUT2D eigenvalue weighted by molar-refractivity contribution is 6.02. The van der Waals surface area contributed by atoms with Gasteiger partial charge >= 0.3 is 6.36 Å². The molecule has 1 heterocycles. The van der Waals surface area contributed by atoms with E-state index in [2.05, 4.69) is 4.74 Å². The van der Waals surface area contributed by atoms with E-state index in [0.717, 1.165) is 12.1 Å². The number of alkyl halides is 3. The van der Waals surface area contributed by atoms with Crippen LogP contribution in [0.1, 0.15) is 0 Å². The van der Waals surface area contributed by atoms with Crippen LogP contribution in [0.4, 0.5) is 13.2 Å². The van der Waals surface area contributed by atoms with E-state index >= 15 is 0 Å². The third kappa shape index (κ3) is 4.24. The Hall–Kier alpha value is -4.14. The molecule has 6 nitrogen and oxygen atoms in total. The first-order valence-corrected chi connectivity index (χ1v) is 9.98.